The summed E-state index contributed by atoms with van der Waals surface area (Å²) in [6.45, 7) is 3.86. The number of aromatic nitrogens is 2. The summed E-state index contributed by atoms with van der Waals surface area (Å²) in [6.07, 6.45) is -0.0548. The first-order chi connectivity index (χ1) is 14.9. The SMILES string of the molecule is O=C(O)N1CCN(CCCOc2ccc(-c3nc4cc(Cl)c(F)cc4[nH]3)cc2Cl)CC1. The Morgan fingerprint density at radius 3 is 2.65 bits per heavy atom. The molecule has 0 atom stereocenters. The number of piperazine rings is 1. The van der Waals surface area contributed by atoms with Crippen molar-refractivity contribution in [3.63, 3.8) is 0 Å². The Morgan fingerprint density at radius 1 is 1.16 bits per heavy atom. The van der Waals surface area contributed by atoms with E-state index in [1.54, 1.807) is 12.1 Å². The standard InChI is InChI=1S/C21H21Cl2FN4O3/c22-14-11-17-18(12-16(14)24)26-20(25-17)13-2-3-19(15(23)10-13)31-9-1-4-27-5-7-28(8-6-27)21(29)30/h2-3,10-12H,1,4-9H2,(H,25,26)(H,29,30). The van der Waals surface area contributed by atoms with Crippen LogP contribution in [0.5, 0.6) is 5.75 Å². The van der Waals surface area contributed by atoms with Gasteiger partial charge in [-0.1, -0.05) is 23.2 Å². The van der Waals surface area contributed by atoms with Gasteiger partial charge in [-0.2, -0.15) is 0 Å². The van der Waals surface area contributed by atoms with Gasteiger partial charge in [0, 0.05) is 44.4 Å². The Kier molecular flexibility index (Phi) is 6.50. The molecule has 7 nitrogen and oxygen atoms in total. The Hall–Kier alpha value is -2.55. The highest BCUT2D eigenvalue weighted by Gasteiger charge is 2.19. The van der Waals surface area contributed by atoms with Gasteiger partial charge >= 0.3 is 6.09 Å². The summed E-state index contributed by atoms with van der Waals surface area (Å²) < 4.78 is 19.5. The fourth-order valence-electron chi connectivity index (χ4n) is 3.54. The highest BCUT2D eigenvalue weighted by Crippen LogP contribution is 2.31. The third kappa shape index (κ3) is 5.03. The summed E-state index contributed by atoms with van der Waals surface area (Å²) in [5.74, 6) is 0.631. The zero-order valence-corrected chi connectivity index (χ0v) is 18.1. The lowest BCUT2D eigenvalue weighted by atomic mass is 10.2. The zero-order chi connectivity index (χ0) is 22.0. The smallest absolute Gasteiger partial charge is 0.407 e. The van der Waals surface area contributed by atoms with Gasteiger partial charge in [-0.25, -0.2) is 14.2 Å². The third-order valence-corrected chi connectivity index (χ3v) is 5.83. The van der Waals surface area contributed by atoms with Crippen LogP contribution in [0.2, 0.25) is 10.0 Å². The van der Waals surface area contributed by atoms with Crippen LogP contribution in [0.4, 0.5) is 9.18 Å². The number of rotatable bonds is 6. The van der Waals surface area contributed by atoms with Crippen molar-refractivity contribution in [3.8, 4) is 17.1 Å². The van der Waals surface area contributed by atoms with Crippen LogP contribution in [0.3, 0.4) is 0 Å². The van der Waals surface area contributed by atoms with E-state index in [4.69, 9.17) is 33.0 Å². The minimum absolute atomic E-state index is 0.0242. The number of nitrogens with one attached hydrogen (secondary N) is 1. The lowest BCUT2D eigenvalue weighted by Crippen LogP contribution is -2.48. The summed E-state index contributed by atoms with van der Waals surface area (Å²) in [7, 11) is 0. The average Bonchev–Trinajstić information content (AvgIpc) is 3.15. The molecule has 4 rings (SSSR count). The second kappa shape index (κ2) is 9.30. The van der Waals surface area contributed by atoms with Crippen molar-refractivity contribution in [1.82, 2.24) is 19.8 Å². The number of hydrogen-bond acceptors (Lipinski definition) is 4. The molecule has 31 heavy (non-hydrogen) atoms. The molecule has 2 N–H and O–H groups in total. The molecule has 0 spiro atoms. The molecule has 164 valence electrons. The Bertz CT molecular complexity index is 1060. The highest BCUT2D eigenvalue weighted by atomic mass is 35.5. The van der Waals surface area contributed by atoms with Crippen molar-refractivity contribution < 1.29 is 19.0 Å². The third-order valence-electron chi connectivity index (χ3n) is 5.25. The topological polar surface area (TPSA) is 81.7 Å². The van der Waals surface area contributed by atoms with Gasteiger partial charge < -0.3 is 19.7 Å². The van der Waals surface area contributed by atoms with Crippen molar-refractivity contribution in [1.29, 1.82) is 0 Å². The monoisotopic (exact) mass is 466 g/mol. The number of aromatic amines is 1. The number of carbonyl (C=O) groups is 1. The predicted molar refractivity (Wildman–Crippen MR) is 118 cm³/mol. The molecule has 0 radical (unpaired) electrons. The molecular weight excluding hydrogens is 446 g/mol. The molecule has 1 fully saturated rings. The Morgan fingerprint density at radius 2 is 1.94 bits per heavy atom. The number of imidazole rings is 1. The maximum atomic E-state index is 13.6. The maximum absolute atomic E-state index is 13.6. The quantitative estimate of drug-likeness (QED) is 0.512. The largest absolute Gasteiger partial charge is 0.492 e. The van der Waals surface area contributed by atoms with Crippen LogP contribution in [0, 0.1) is 5.82 Å². The van der Waals surface area contributed by atoms with Crippen LogP contribution < -0.4 is 4.74 Å². The maximum Gasteiger partial charge on any atom is 0.407 e. The summed E-state index contributed by atoms with van der Waals surface area (Å²) >= 11 is 12.2. The molecule has 2 heterocycles. The molecule has 2 aromatic carbocycles. The van der Waals surface area contributed by atoms with Gasteiger partial charge in [-0.3, -0.25) is 4.90 Å². The fraction of sp³-hybridized carbons (Fsp3) is 0.333. The average molecular weight is 467 g/mol. The number of carboxylic acid groups (broad SMARTS) is 1. The van der Waals surface area contributed by atoms with E-state index in [9.17, 15) is 9.18 Å². The molecule has 3 aromatic rings. The van der Waals surface area contributed by atoms with Crippen LogP contribution in [0.25, 0.3) is 22.4 Å². The molecule has 0 aliphatic carbocycles. The van der Waals surface area contributed by atoms with Gasteiger partial charge in [0.25, 0.3) is 0 Å². The van der Waals surface area contributed by atoms with Gasteiger partial charge in [-0.15, -0.1) is 0 Å². The van der Waals surface area contributed by atoms with Gasteiger partial charge in [0.1, 0.15) is 17.4 Å². The van der Waals surface area contributed by atoms with Gasteiger partial charge in [0.2, 0.25) is 0 Å². The summed E-state index contributed by atoms with van der Waals surface area (Å²) in [5, 5.41) is 9.47. The summed E-state index contributed by atoms with van der Waals surface area (Å²) in [5.41, 5.74) is 1.88. The van der Waals surface area contributed by atoms with Crippen molar-refractivity contribution in [2.45, 2.75) is 6.42 Å². The van der Waals surface area contributed by atoms with Crippen molar-refractivity contribution in [3.05, 3.63) is 46.2 Å². The molecule has 0 saturated carbocycles. The number of nitrogens with zero attached hydrogens (tertiary/aromatic N) is 3. The number of benzene rings is 2. The lowest BCUT2D eigenvalue weighted by Gasteiger charge is -2.32. The molecule has 1 aliphatic heterocycles. The van der Waals surface area contributed by atoms with Crippen LogP contribution >= 0.6 is 23.2 Å². The first-order valence-electron chi connectivity index (χ1n) is 9.88. The molecule has 0 unspecified atom stereocenters. The fourth-order valence-corrected chi connectivity index (χ4v) is 3.93. The first kappa shape index (κ1) is 21.7. The van der Waals surface area contributed by atoms with Crippen LogP contribution in [-0.2, 0) is 0 Å². The second-order valence-electron chi connectivity index (χ2n) is 7.33. The zero-order valence-electron chi connectivity index (χ0n) is 16.6. The summed E-state index contributed by atoms with van der Waals surface area (Å²) in [4.78, 5) is 22.1. The van der Waals surface area contributed by atoms with Crippen LogP contribution in [-0.4, -0.2) is 70.3 Å². The molecule has 1 saturated heterocycles. The minimum Gasteiger partial charge on any atom is -0.492 e. The van der Waals surface area contributed by atoms with Crippen molar-refractivity contribution in [2.75, 3.05) is 39.3 Å². The van der Waals surface area contributed by atoms with Crippen LogP contribution in [0.15, 0.2) is 30.3 Å². The first-order valence-corrected chi connectivity index (χ1v) is 10.6. The lowest BCUT2D eigenvalue weighted by molar-refractivity contribution is 0.103. The molecule has 10 heteroatoms. The van der Waals surface area contributed by atoms with E-state index in [2.05, 4.69) is 14.9 Å². The van der Waals surface area contributed by atoms with Gasteiger partial charge in [0.15, 0.2) is 0 Å². The van der Waals surface area contributed by atoms with E-state index < -0.39 is 11.9 Å². The molecular formula is C21H21Cl2FN4O3. The number of amides is 1. The summed E-state index contributed by atoms with van der Waals surface area (Å²) in [6, 6.07) is 8.16. The second-order valence-corrected chi connectivity index (χ2v) is 8.14. The number of hydrogen-bond donors (Lipinski definition) is 2. The number of ether oxygens (including phenoxy) is 1. The van der Waals surface area contributed by atoms with Gasteiger partial charge in [0.05, 0.1) is 27.7 Å². The van der Waals surface area contributed by atoms with Crippen molar-refractivity contribution in [2.24, 2.45) is 0 Å². The van der Waals surface area contributed by atoms with E-state index in [-0.39, 0.29) is 5.02 Å². The predicted octanol–water partition coefficient (Wildman–Crippen LogP) is 4.74. The number of fused-ring (bicyclic) bond motifs is 1. The molecule has 0 bridgehead atoms. The van der Waals surface area contributed by atoms with E-state index in [1.807, 2.05) is 6.07 Å². The highest BCUT2D eigenvalue weighted by molar-refractivity contribution is 6.32. The number of H-pyrrole nitrogens is 1. The van der Waals surface area contributed by atoms with Gasteiger partial charge in [-0.05, 0) is 30.7 Å². The van der Waals surface area contributed by atoms with Crippen molar-refractivity contribution >= 4 is 40.3 Å². The normalized spacial score (nSPS) is 14.9. The number of halogens is 3. The minimum atomic E-state index is -0.861. The van der Waals surface area contributed by atoms with Crippen LogP contribution in [0.1, 0.15) is 6.42 Å². The molecule has 1 amide bonds. The molecule has 1 aliphatic rings. The van der Waals surface area contributed by atoms with E-state index >= 15 is 0 Å². The van der Waals surface area contributed by atoms with E-state index in [0.717, 1.165) is 31.6 Å². The van der Waals surface area contributed by atoms with E-state index in [0.29, 0.717) is 47.3 Å². The van der Waals surface area contributed by atoms with E-state index in [1.165, 1.54) is 17.0 Å². The Labute approximate surface area is 188 Å². The Balaban J connectivity index is 1.32. The molecule has 1 aromatic heterocycles.